The van der Waals surface area contributed by atoms with Crippen LogP contribution in [0.25, 0.3) is 0 Å². The molecular weight excluding hydrogens is 290 g/mol. The zero-order valence-corrected chi connectivity index (χ0v) is 12.5. The fourth-order valence-electron chi connectivity index (χ4n) is 2.32. The van der Waals surface area contributed by atoms with Crippen molar-refractivity contribution in [1.29, 1.82) is 0 Å². The number of hydrogen-bond donors (Lipinski definition) is 4. The van der Waals surface area contributed by atoms with E-state index in [1.54, 1.807) is 12.3 Å². The standard InChI is InChI=1S/C16H17N7.5H2/c17-11-3-5-12(6-4-11)19-16-18-8-7-14(21-16)20-15-9-13(22-23-15)10-1-2-10;;;;;/h3-10H,1-2,17H2,(H3,18,19,20,21,22,23);5*1H. The summed E-state index contributed by atoms with van der Waals surface area (Å²) in [5, 5.41) is 13.7. The predicted octanol–water partition coefficient (Wildman–Crippen LogP) is 4.38. The summed E-state index contributed by atoms with van der Waals surface area (Å²) in [6, 6.07) is 11.3. The minimum atomic E-state index is 0. The summed E-state index contributed by atoms with van der Waals surface area (Å²) in [5.74, 6) is 2.61. The zero-order valence-electron chi connectivity index (χ0n) is 12.5. The van der Waals surface area contributed by atoms with Crippen LogP contribution in [0.15, 0.2) is 42.6 Å². The van der Waals surface area contributed by atoms with E-state index in [4.69, 9.17) is 5.73 Å². The van der Waals surface area contributed by atoms with Gasteiger partial charge in [-0.2, -0.15) is 10.1 Å². The first kappa shape index (κ1) is 13.6. The molecule has 1 aromatic carbocycles. The van der Waals surface area contributed by atoms with E-state index in [0.717, 1.165) is 17.2 Å². The number of nitrogens with zero attached hydrogens (tertiary/aromatic N) is 3. The van der Waals surface area contributed by atoms with Gasteiger partial charge in [-0.1, -0.05) is 0 Å². The molecule has 1 fully saturated rings. The van der Waals surface area contributed by atoms with E-state index in [1.165, 1.54) is 18.5 Å². The van der Waals surface area contributed by atoms with Crippen LogP contribution in [0.2, 0.25) is 0 Å². The summed E-state index contributed by atoms with van der Waals surface area (Å²) in [4.78, 5) is 8.66. The van der Waals surface area contributed by atoms with Crippen molar-refractivity contribution in [3.8, 4) is 0 Å². The number of H-pyrrole nitrogens is 1. The predicted molar refractivity (Wildman–Crippen MR) is 101 cm³/mol. The van der Waals surface area contributed by atoms with E-state index in [0.29, 0.717) is 17.7 Å². The van der Waals surface area contributed by atoms with Gasteiger partial charge < -0.3 is 16.4 Å². The number of aromatic amines is 1. The molecule has 23 heavy (non-hydrogen) atoms. The summed E-state index contributed by atoms with van der Waals surface area (Å²) in [6.07, 6.45) is 4.18. The minimum absolute atomic E-state index is 0. The van der Waals surface area contributed by atoms with Crippen molar-refractivity contribution in [3.63, 3.8) is 0 Å². The van der Waals surface area contributed by atoms with Gasteiger partial charge in [-0.3, -0.25) is 5.10 Å². The highest BCUT2D eigenvalue weighted by atomic mass is 15.2. The average Bonchev–Trinajstić information content (AvgIpc) is 3.30. The van der Waals surface area contributed by atoms with E-state index in [1.807, 2.05) is 30.3 Å². The van der Waals surface area contributed by atoms with Crippen molar-refractivity contribution in [2.75, 3.05) is 16.4 Å². The SMILES string of the molecule is Nc1ccc(Nc2nccc(Nc3cc(C4CC4)[nH]n3)n2)cc1.[HH].[HH].[HH].[HH].[HH]. The number of benzene rings is 1. The number of nitrogens with one attached hydrogen (secondary N) is 3. The van der Waals surface area contributed by atoms with Crippen molar-refractivity contribution in [2.24, 2.45) is 0 Å². The fourth-order valence-corrected chi connectivity index (χ4v) is 2.32. The van der Waals surface area contributed by atoms with Crippen molar-refractivity contribution in [3.05, 3.63) is 48.3 Å². The number of aromatic nitrogens is 4. The summed E-state index contributed by atoms with van der Waals surface area (Å²) in [5.41, 5.74) is 8.46. The average molecular weight is 317 g/mol. The maximum absolute atomic E-state index is 5.68. The number of nitrogens with two attached hydrogens (primary N) is 1. The van der Waals surface area contributed by atoms with E-state index < -0.39 is 0 Å². The highest BCUT2D eigenvalue weighted by molar-refractivity contribution is 5.59. The lowest BCUT2D eigenvalue weighted by Gasteiger charge is -2.07. The first-order valence-electron chi connectivity index (χ1n) is 7.54. The lowest BCUT2D eigenvalue weighted by atomic mass is 10.3. The topological polar surface area (TPSA) is 105 Å². The molecule has 0 spiro atoms. The highest BCUT2D eigenvalue weighted by Crippen LogP contribution is 2.39. The molecule has 0 atom stereocenters. The van der Waals surface area contributed by atoms with Crippen LogP contribution < -0.4 is 16.4 Å². The number of rotatable bonds is 5. The lowest BCUT2D eigenvalue weighted by molar-refractivity contribution is 0.966. The molecule has 0 unspecified atom stereocenters. The first-order chi connectivity index (χ1) is 11.3. The van der Waals surface area contributed by atoms with Gasteiger partial charge in [-0.05, 0) is 43.2 Å². The van der Waals surface area contributed by atoms with Gasteiger partial charge >= 0.3 is 0 Å². The Morgan fingerprint density at radius 3 is 2.70 bits per heavy atom. The Bertz CT molecular complexity index is 824. The van der Waals surface area contributed by atoms with E-state index in [-0.39, 0.29) is 7.13 Å². The van der Waals surface area contributed by atoms with Crippen LogP contribution in [0.5, 0.6) is 0 Å². The second kappa shape index (κ2) is 5.60. The maximum Gasteiger partial charge on any atom is 0.229 e. The van der Waals surface area contributed by atoms with Gasteiger partial charge in [0.15, 0.2) is 5.82 Å². The molecule has 7 heteroatoms. The van der Waals surface area contributed by atoms with Gasteiger partial charge in [0, 0.05) is 42.4 Å². The molecule has 0 radical (unpaired) electrons. The molecule has 0 saturated heterocycles. The van der Waals surface area contributed by atoms with Crippen LogP contribution in [0, 0.1) is 0 Å². The van der Waals surface area contributed by atoms with Gasteiger partial charge in [0.05, 0.1) is 0 Å². The molecule has 2 aromatic heterocycles. The third-order valence-corrected chi connectivity index (χ3v) is 3.69. The minimum Gasteiger partial charge on any atom is -0.399 e. The Balaban J connectivity index is 0. The molecule has 7 nitrogen and oxygen atoms in total. The Kier molecular flexibility index (Phi) is 3.30. The summed E-state index contributed by atoms with van der Waals surface area (Å²) < 4.78 is 0. The Morgan fingerprint density at radius 1 is 1.09 bits per heavy atom. The third kappa shape index (κ3) is 3.23. The second-order valence-corrected chi connectivity index (χ2v) is 5.62. The largest absolute Gasteiger partial charge is 0.399 e. The van der Waals surface area contributed by atoms with E-state index in [2.05, 4.69) is 30.8 Å². The molecule has 4 rings (SSSR count). The number of nitrogen functional groups attached to an aromatic ring is 1. The van der Waals surface area contributed by atoms with Crippen molar-refractivity contribution >= 4 is 29.0 Å². The molecular formula is C16H27N7. The van der Waals surface area contributed by atoms with Gasteiger partial charge in [0.25, 0.3) is 0 Å². The third-order valence-electron chi connectivity index (χ3n) is 3.69. The lowest BCUT2D eigenvalue weighted by Crippen LogP contribution is -2.00. The van der Waals surface area contributed by atoms with Crippen LogP contribution in [0.3, 0.4) is 0 Å². The summed E-state index contributed by atoms with van der Waals surface area (Å²) >= 11 is 0. The van der Waals surface area contributed by atoms with Gasteiger partial charge in [0.2, 0.25) is 5.95 Å². The molecule has 1 saturated carbocycles. The smallest absolute Gasteiger partial charge is 0.229 e. The molecule has 5 N–H and O–H groups in total. The van der Waals surface area contributed by atoms with Gasteiger partial charge in [-0.25, -0.2) is 4.98 Å². The molecule has 0 bridgehead atoms. The molecule has 0 amide bonds. The van der Waals surface area contributed by atoms with Crippen molar-refractivity contribution in [1.82, 2.24) is 20.2 Å². The van der Waals surface area contributed by atoms with Gasteiger partial charge in [-0.15, -0.1) is 0 Å². The first-order valence-corrected chi connectivity index (χ1v) is 7.54. The highest BCUT2D eigenvalue weighted by Gasteiger charge is 2.25. The van der Waals surface area contributed by atoms with Gasteiger partial charge in [0.1, 0.15) is 5.82 Å². The second-order valence-electron chi connectivity index (χ2n) is 5.62. The monoisotopic (exact) mass is 317 g/mol. The summed E-state index contributed by atoms with van der Waals surface area (Å²) in [6.45, 7) is 0. The molecule has 1 aliphatic rings. The van der Waals surface area contributed by atoms with Crippen molar-refractivity contribution in [2.45, 2.75) is 18.8 Å². The van der Waals surface area contributed by atoms with Crippen LogP contribution in [0.4, 0.5) is 29.0 Å². The number of hydrogen-bond acceptors (Lipinski definition) is 6. The fraction of sp³-hybridized carbons (Fsp3) is 0.188. The molecule has 2 heterocycles. The zero-order chi connectivity index (χ0) is 15.6. The Hall–Kier alpha value is -3.09. The number of anilines is 5. The van der Waals surface area contributed by atoms with Crippen molar-refractivity contribution < 1.29 is 7.13 Å². The van der Waals surface area contributed by atoms with Crippen LogP contribution in [0.1, 0.15) is 31.6 Å². The Labute approximate surface area is 140 Å². The van der Waals surface area contributed by atoms with Crippen LogP contribution in [-0.4, -0.2) is 20.2 Å². The molecule has 0 aliphatic heterocycles. The van der Waals surface area contributed by atoms with Crippen LogP contribution >= 0.6 is 0 Å². The summed E-state index contributed by atoms with van der Waals surface area (Å²) in [7, 11) is 0. The molecule has 1 aliphatic carbocycles. The molecule has 126 valence electrons. The van der Waals surface area contributed by atoms with E-state index in [9.17, 15) is 0 Å². The molecule has 3 aromatic rings. The van der Waals surface area contributed by atoms with Crippen LogP contribution in [-0.2, 0) is 0 Å². The van der Waals surface area contributed by atoms with E-state index >= 15 is 0 Å². The maximum atomic E-state index is 5.68. The quantitative estimate of drug-likeness (QED) is 0.521. The normalized spacial score (nSPS) is 13.7. The Morgan fingerprint density at radius 2 is 1.91 bits per heavy atom.